The molecule has 2 fully saturated rings. The van der Waals surface area contributed by atoms with Gasteiger partial charge in [0.25, 0.3) is 0 Å². The van der Waals surface area contributed by atoms with E-state index in [1.807, 2.05) is 0 Å². The molecular weight excluding hydrogens is 220 g/mol. The van der Waals surface area contributed by atoms with Crippen LogP contribution in [0.25, 0.3) is 0 Å². The van der Waals surface area contributed by atoms with Crippen LogP contribution in [0.3, 0.4) is 0 Å². The number of hydrogen-bond acceptors (Lipinski definition) is 2. The quantitative estimate of drug-likeness (QED) is 0.783. The standard InChI is InChI=1S/C16H32N2/c1-2-14-8-10-16(11-9-14)18(13-5-12-17)15-6-3-4-7-15/h14-16H,2-13,17H2,1H3. The van der Waals surface area contributed by atoms with Crippen LogP contribution in [-0.2, 0) is 0 Å². The Balaban J connectivity index is 1.87. The Morgan fingerprint density at radius 3 is 2.11 bits per heavy atom. The lowest BCUT2D eigenvalue weighted by Gasteiger charge is -2.40. The highest BCUT2D eigenvalue weighted by atomic mass is 15.2. The van der Waals surface area contributed by atoms with E-state index in [4.69, 9.17) is 5.73 Å². The van der Waals surface area contributed by atoms with Crippen molar-refractivity contribution < 1.29 is 0 Å². The smallest absolute Gasteiger partial charge is 0.00984 e. The fraction of sp³-hybridized carbons (Fsp3) is 1.00. The van der Waals surface area contributed by atoms with Gasteiger partial charge in [-0.25, -0.2) is 0 Å². The molecule has 0 aromatic heterocycles. The lowest BCUT2D eigenvalue weighted by atomic mass is 9.83. The van der Waals surface area contributed by atoms with Crippen LogP contribution in [0.4, 0.5) is 0 Å². The van der Waals surface area contributed by atoms with Gasteiger partial charge in [0.1, 0.15) is 0 Å². The average Bonchev–Trinajstić information content (AvgIpc) is 2.94. The second-order valence-corrected chi connectivity index (χ2v) is 6.40. The molecule has 0 bridgehead atoms. The molecule has 0 amide bonds. The van der Waals surface area contributed by atoms with E-state index in [-0.39, 0.29) is 0 Å². The predicted octanol–water partition coefficient (Wildman–Crippen LogP) is 3.55. The van der Waals surface area contributed by atoms with Gasteiger partial charge in [-0.1, -0.05) is 26.2 Å². The molecule has 2 N–H and O–H groups in total. The van der Waals surface area contributed by atoms with E-state index < -0.39 is 0 Å². The maximum absolute atomic E-state index is 5.72. The number of nitrogens with zero attached hydrogens (tertiary/aromatic N) is 1. The largest absolute Gasteiger partial charge is 0.330 e. The lowest BCUT2D eigenvalue weighted by Crippen LogP contribution is -2.44. The summed E-state index contributed by atoms with van der Waals surface area (Å²) < 4.78 is 0. The molecule has 2 aliphatic carbocycles. The Hall–Kier alpha value is -0.0800. The summed E-state index contributed by atoms with van der Waals surface area (Å²) in [5.41, 5.74) is 5.72. The Morgan fingerprint density at radius 2 is 1.56 bits per heavy atom. The maximum atomic E-state index is 5.72. The highest BCUT2D eigenvalue weighted by Crippen LogP contribution is 2.33. The molecule has 0 aliphatic heterocycles. The first-order valence-corrected chi connectivity index (χ1v) is 8.31. The minimum atomic E-state index is 0.855. The average molecular weight is 252 g/mol. The Morgan fingerprint density at radius 1 is 0.944 bits per heavy atom. The molecule has 0 spiro atoms. The Bertz CT molecular complexity index is 215. The first kappa shape index (κ1) is 14.3. The lowest BCUT2D eigenvalue weighted by molar-refractivity contribution is 0.0910. The van der Waals surface area contributed by atoms with Gasteiger partial charge in [-0.15, -0.1) is 0 Å². The van der Waals surface area contributed by atoms with Crippen LogP contribution in [0.2, 0.25) is 0 Å². The highest BCUT2D eigenvalue weighted by Gasteiger charge is 2.30. The van der Waals surface area contributed by atoms with Gasteiger partial charge in [-0.05, 0) is 64.0 Å². The second kappa shape index (κ2) is 7.49. The van der Waals surface area contributed by atoms with E-state index in [9.17, 15) is 0 Å². The van der Waals surface area contributed by atoms with Crippen LogP contribution in [0.15, 0.2) is 0 Å². The van der Waals surface area contributed by atoms with Crippen molar-refractivity contribution in [2.24, 2.45) is 11.7 Å². The fourth-order valence-corrected chi connectivity index (χ4v) is 4.06. The molecule has 2 nitrogen and oxygen atoms in total. The van der Waals surface area contributed by atoms with Gasteiger partial charge in [0, 0.05) is 12.1 Å². The van der Waals surface area contributed by atoms with Gasteiger partial charge >= 0.3 is 0 Å². The summed E-state index contributed by atoms with van der Waals surface area (Å²) in [6.07, 6.45) is 14.2. The zero-order chi connectivity index (χ0) is 12.8. The van der Waals surface area contributed by atoms with Gasteiger partial charge < -0.3 is 5.73 Å². The summed E-state index contributed by atoms with van der Waals surface area (Å²) in [5, 5.41) is 0. The van der Waals surface area contributed by atoms with Crippen molar-refractivity contribution in [3.8, 4) is 0 Å². The summed E-state index contributed by atoms with van der Waals surface area (Å²) in [5.74, 6) is 1.01. The van der Waals surface area contributed by atoms with E-state index in [1.54, 1.807) is 0 Å². The molecule has 0 aromatic carbocycles. The third kappa shape index (κ3) is 3.71. The van der Waals surface area contributed by atoms with Crippen molar-refractivity contribution in [3.05, 3.63) is 0 Å². The molecule has 18 heavy (non-hydrogen) atoms. The number of hydrogen-bond donors (Lipinski definition) is 1. The monoisotopic (exact) mass is 252 g/mol. The molecule has 0 saturated heterocycles. The summed E-state index contributed by atoms with van der Waals surface area (Å²) in [4.78, 5) is 2.85. The molecule has 0 radical (unpaired) electrons. The molecule has 0 atom stereocenters. The van der Waals surface area contributed by atoms with E-state index in [2.05, 4.69) is 11.8 Å². The fourth-order valence-electron chi connectivity index (χ4n) is 4.06. The van der Waals surface area contributed by atoms with Crippen molar-refractivity contribution in [1.82, 2.24) is 4.90 Å². The van der Waals surface area contributed by atoms with Gasteiger partial charge in [0.2, 0.25) is 0 Å². The van der Waals surface area contributed by atoms with Crippen molar-refractivity contribution in [2.75, 3.05) is 13.1 Å². The van der Waals surface area contributed by atoms with Crippen LogP contribution < -0.4 is 5.73 Å². The molecule has 0 aromatic rings. The summed E-state index contributed by atoms with van der Waals surface area (Å²) >= 11 is 0. The molecule has 0 unspecified atom stereocenters. The molecule has 106 valence electrons. The van der Waals surface area contributed by atoms with Crippen LogP contribution in [-0.4, -0.2) is 30.1 Å². The summed E-state index contributed by atoms with van der Waals surface area (Å²) in [6, 6.07) is 1.77. The molecule has 2 rings (SSSR count). The first-order valence-electron chi connectivity index (χ1n) is 8.31. The van der Waals surface area contributed by atoms with Crippen LogP contribution in [0.5, 0.6) is 0 Å². The molecular formula is C16H32N2. The predicted molar refractivity (Wildman–Crippen MR) is 78.7 cm³/mol. The van der Waals surface area contributed by atoms with Crippen LogP contribution in [0, 0.1) is 5.92 Å². The summed E-state index contributed by atoms with van der Waals surface area (Å²) in [6.45, 7) is 4.46. The third-order valence-electron chi connectivity index (χ3n) is 5.28. The van der Waals surface area contributed by atoms with E-state index in [0.29, 0.717) is 0 Å². The Kier molecular flexibility index (Phi) is 5.97. The minimum absolute atomic E-state index is 0.855. The van der Waals surface area contributed by atoms with Crippen LogP contribution >= 0.6 is 0 Å². The highest BCUT2D eigenvalue weighted by molar-refractivity contribution is 4.86. The van der Waals surface area contributed by atoms with Gasteiger partial charge in [-0.3, -0.25) is 4.90 Å². The van der Waals surface area contributed by atoms with E-state index in [1.165, 1.54) is 70.8 Å². The van der Waals surface area contributed by atoms with E-state index in [0.717, 1.165) is 24.5 Å². The number of nitrogens with two attached hydrogens (primary N) is 1. The topological polar surface area (TPSA) is 29.3 Å². The molecule has 2 heteroatoms. The SMILES string of the molecule is CCC1CCC(N(CCCN)C2CCCC2)CC1. The van der Waals surface area contributed by atoms with Crippen molar-refractivity contribution in [1.29, 1.82) is 0 Å². The minimum Gasteiger partial charge on any atom is -0.330 e. The number of rotatable bonds is 6. The van der Waals surface area contributed by atoms with Gasteiger partial charge in [0.15, 0.2) is 0 Å². The normalized spacial score (nSPS) is 30.2. The van der Waals surface area contributed by atoms with Gasteiger partial charge in [-0.2, -0.15) is 0 Å². The molecule has 0 heterocycles. The summed E-state index contributed by atoms with van der Waals surface area (Å²) in [7, 11) is 0. The maximum Gasteiger partial charge on any atom is 0.00984 e. The zero-order valence-corrected chi connectivity index (χ0v) is 12.2. The molecule has 2 aliphatic rings. The van der Waals surface area contributed by atoms with Crippen molar-refractivity contribution in [3.63, 3.8) is 0 Å². The molecule has 2 saturated carbocycles. The Labute approximate surface area is 113 Å². The third-order valence-corrected chi connectivity index (χ3v) is 5.28. The second-order valence-electron chi connectivity index (χ2n) is 6.40. The van der Waals surface area contributed by atoms with Crippen LogP contribution in [0.1, 0.15) is 71.1 Å². The zero-order valence-electron chi connectivity index (χ0n) is 12.2. The van der Waals surface area contributed by atoms with Crippen molar-refractivity contribution >= 4 is 0 Å². The van der Waals surface area contributed by atoms with Crippen molar-refractivity contribution in [2.45, 2.75) is 83.2 Å². The van der Waals surface area contributed by atoms with E-state index >= 15 is 0 Å². The van der Waals surface area contributed by atoms with Gasteiger partial charge in [0.05, 0.1) is 0 Å². The first-order chi connectivity index (χ1) is 8.85.